The van der Waals surface area contributed by atoms with Crippen LogP contribution in [0.25, 0.3) is 11.4 Å². The second-order valence-electron chi connectivity index (χ2n) is 3.39. The predicted octanol–water partition coefficient (Wildman–Crippen LogP) is 4.52. The van der Waals surface area contributed by atoms with Crippen molar-refractivity contribution < 1.29 is 13.2 Å². The Morgan fingerprint density at radius 2 is 1.47 bits per heavy atom. The first-order valence-corrected chi connectivity index (χ1v) is 5.85. The molecule has 0 spiro atoms. The molecular formula is C10H3Cl3F3N3. The van der Waals surface area contributed by atoms with E-state index < -0.39 is 11.7 Å². The van der Waals surface area contributed by atoms with Gasteiger partial charge in [-0.25, -0.2) is 0 Å². The smallest absolute Gasteiger partial charge is 0.198 e. The summed E-state index contributed by atoms with van der Waals surface area (Å²) in [4.78, 5) is 11.0. The molecule has 0 radical (unpaired) electrons. The van der Waals surface area contributed by atoms with Crippen molar-refractivity contribution in [3.05, 3.63) is 39.4 Å². The van der Waals surface area contributed by atoms with Crippen molar-refractivity contribution in [2.45, 2.75) is 6.18 Å². The van der Waals surface area contributed by atoms with Crippen molar-refractivity contribution in [3.8, 4) is 11.4 Å². The van der Waals surface area contributed by atoms with Crippen molar-refractivity contribution in [3.63, 3.8) is 0 Å². The molecule has 0 amide bonds. The Hall–Kier alpha value is -1.11. The van der Waals surface area contributed by atoms with Crippen molar-refractivity contribution >= 4 is 34.8 Å². The van der Waals surface area contributed by atoms with Crippen molar-refractivity contribution in [1.29, 1.82) is 0 Å². The van der Waals surface area contributed by atoms with E-state index >= 15 is 0 Å². The lowest BCUT2D eigenvalue weighted by molar-refractivity contribution is -0.137. The number of aromatic nitrogens is 3. The fourth-order valence-electron chi connectivity index (χ4n) is 1.32. The fourth-order valence-corrected chi connectivity index (χ4v) is 1.95. The highest BCUT2D eigenvalue weighted by Crippen LogP contribution is 2.34. The van der Waals surface area contributed by atoms with Crippen LogP contribution in [0.15, 0.2) is 18.2 Å². The second kappa shape index (κ2) is 5.11. The number of alkyl halides is 3. The summed E-state index contributed by atoms with van der Waals surface area (Å²) in [7, 11) is 0. The minimum absolute atomic E-state index is 0.00345. The second-order valence-corrected chi connectivity index (χ2v) is 4.47. The quantitative estimate of drug-likeness (QED) is 0.772. The van der Waals surface area contributed by atoms with Gasteiger partial charge in [0.05, 0.1) is 10.6 Å². The summed E-state index contributed by atoms with van der Waals surface area (Å²) < 4.78 is 37.5. The molecule has 0 fully saturated rings. The highest BCUT2D eigenvalue weighted by atomic mass is 35.5. The van der Waals surface area contributed by atoms with Gasteiger partial charge in [0.15, 0.2) is 5.82 Å². The summed E-state index contributed by atoms with van der Waals surface area (Å²) in [6, 6.07) is 2.79. The number of hydrogen-bond acceptors (Lipinski definition) is 3. The van der Waals surface area contributed by atoms with Gasteiger partial charge in [-0.05, 0) is 41.4 Å². The van der Waals surface area contributed by atoms with E-state index in [1.807, 2.05) is 0 Å². The van der Waals surface area contributed by atoms with Crippen molar-refractivity contribution in [2.75, 3.05) is 0 Å². The third-order valence-corrected chi connectivity index (χ3v) is 2.77. The first-order valence-electron chi connectivity index (χ1n) is 4.71. The molecule has 100 valence electrons. The maximum absolute atomic E-state index is 12.5. The van der Waals surface area contributed by atoms with Gasteiger partial charge in [0.1, 0.15) is 0 Å². The normalized spacial score (nSPS) is 11.7. The lowest BCUT2D eigenvalue weighted by atomic mass is 10.1. The number of rotatable bonds is 1. The van der Waals surface area contributed by atoms with Gasteiger partial charge in [-0.1, -0.05) is 11.6 Å². The van der Waals surface area contributed by atoms with E-state index in [-0.39, 0.29) is 27.0 Å². The van der Waals surface area contributed by atoms with Gasteiger partial charge < -0.3 is 0 Å². The zero-order valence-corrected chi connectivity index (χ0v) is 11.1. The Morgan fingerprint density at radius 3 is 1.95 bits per heavy atom. The Balaban J connectivity index is 2.52. The van der Waals surface area contributed by atoms with Gasteiger partial charge in [-0.15, -0.1) is 0 Å². The number of nitrogens with zero attached hydrogens (tertiary/aromatic N) is 3. The Labute approximate surface area is 120 Å². The van der Waals surface area contributed by atoms with E-state index in [9.17, 15) is 13.2 Å². The van der Waals surface area contributed by atoms with E-state index in [2.05, 4.69) is 15.0 Å². The molecule has 0 unspecified atom stereocenters. The minimum atomic E-state index is -4.48. The molecule has 0 aliphatic rings. The molecule has 0 atom stereocenters. The highest BCUT2D eigenvalue weighted by molar-refractivity contribution is 6.33. The van der Waals surface area contributed by atoms with Crippen LogP contribution in [0.4, 0.5) is 13.2 Å². The van der Waals surface area contributed by atoms with Crippen molar-refractivity contribution in [1.82, 2.24) is 15.0 Å². The molecule has 0 saturated heterocycles. The van der Waals surface area contributed by atoms with E-state index in [1.165, 1.54) is 0 Å². The molecule has 0 aliphatic carbocycles. The summed E-state index contributed by atoms with van der Waals surface area (Å²) >= 11 is 17.0. The van der Waals surface area contributed by atoms with Gasteiger partial charge >= 0.3 is 6.18 Å². The third-order valence-electron chi connectivity index (χ3n) is 2.12. The van der Waals surface area contributed by atoms with E-state index in [1.54, 1.807) is 0 Å². The summed E-state index contributed by atoms with van der Waals surface area (Å²) in [5.74, 6) is 0.00345. The van der Waals surface area contributed by atoms with Gasteiger partial charge in [0.25, 0.3) is 0 Å². The van der Waals surface area contributed by atoms with Crippen LogP contribution in [0.5, 0.6) is 0 Å². The van der Waals surface area contributed by atoms with Gasteiger partial charge in [0.2, 0.25) is 10.6 Å². The Morgan fingerprint density at radius 1 is 0.895 bits per heavy atom. The highest BCUT2D eigenvalue weighted by Gasteiger charge is 2.31. The molecule has 1 aromatic carbocycles. The van der Waals surface area contributed by atoms with Crippen LogP contribution in [0.2, 0.25) is 15.6 Å². The van der Waals surface area contributed by atoms with E-state index in [4.69, 9.17) is 34.8 Å². The van der Waals surface area contributed by atoms with Crippen LogP contribution in [0.1, 0.15) is 5.56 Å². The molecule has 19 heavy (non-hydrogen) atoms. The molecule has 1 heterocycles. The van der Waals surface area contributed by atoms with Crippen LogP contribution < -0.4 is 0 Å². The fraction of sp³-hybridized carbons (Fsp3) is 0.100. The Kier molecular flexibility index (Phi) is 3.85. The molecule has 2 aromatic rings. The zero-order valence-electron chi connectivity index (χ0n) is 8.84. The molecule has 0 N–H and O–H groups in total. The third kappa shape index (κ3) is 3.26. The van der Waals surface area contributed by atoms with Crippen LogP contribution in [-0.4, -0.2) is 15.0 Å². The molecular weight excluding hydrogens is 325 g/mol. The molecule has 9 heteroatoms. The maximum Gasteiger partial charge on any atom is 0.416 e. The lowest BCUT2D eigenvalue weighted by Gasteiger charge is -2.09. The predicted molar refractivity (Wildman–Crippen MR) is 65.3 cm³/mol. The molecule has 1 aromatic heterocycles. The first-order chi connectivity index (χ1) is 8.77. The average Bonchev–Trinajstić information content (AvgIpc) is 2.26. The van der Waals surface area contributed by atoms with Gasteiger partial charge in [0, 0.05) is 5.56 Å². The first kappa shape index (κ1) is 14.3. The molecule has 3 nitrogen and oxygen atoms in total. The average molecular weight is 329 g/mol. The molecule has 0 aliphatic heterocycles. The summed E-state index contributed by atoms with van der Waals surface area (Å²) in [6.07, 6.45) is -4.48. The summed E-state index contributed by atoms with van der Waals surface area (Å²) in [5, 5.41) is -0.509. The molecule has 2 rings (SSSR count). The number of halogens is 6. The molecule has 0 bridgehead atoms. The summed E-state index contributed by atoms with van der Waals surface area (Å²) in [6.45, 7) is 0. The molecule has 0 saturated carbocycles. The SMILES string of the molecule is FC(F)(F)c1ccc(-c2nc(Cl)nc(Cl)n2)c(Cl)c1. The standard InChI is InChI=1S/C10H3Cl3F3N3/c11-6-3-4(10(14,15)16)1-2-5(6)7-17-8(12)19-9(13)18-7/h1-3H. The van der Waals surface area contributed by atoms with Crippen LogP contribution in [0, 0.1) is 0 Å². The Bertz CT molecular complexity index is 611. The summed E-state index contributed by atoms with van der Waals surface area (Å²) in [5.41, 5.74) is -0.687. The topological polar surface area (TPSA) is 38.7 Å². The van der Waals surface area contributed by atoms with Gasteiger partial charge in [-0.3, -0.25) is 0 Å². The van der Waals surface area contributed by atoms with Crippen LogP contribution in [-0.2, 0) is 6.18 Å². The zero-order chi connectivity index (χ0) is 14.2. The number of benzene rings is 1. The minimum Gasteiger partial charge on any atom is -0.198 e. The van der Waals surface area contributed by atoms with E-state index in [0.29, 0.717) is 0 Å². The van der Waals surface area contributed by atoms with Crippen LogP contribution >= 0.6 is 34.8 Å². The largest absolute Gasteiger partial charge is 0.416 e. The maximum atomic E-state index is 12.5. The van der Waals surface area contributed by atoms with Gasteiger partial charge in [-0.2, -0.15) is 28.1 Å². The van der Waals surface area contributed by atoms with Crippen molar-refractivity contribution in [2.24, 2.45) is 0 Å². The van der Waals surface area contributed by atoms with E-state index in [0.717, 1.165) is 18.2 Å². The number of hydrogen-bond donors (Lipinski definition) is 0. The lowest BCUT2D eigenvalue weighted by Crippen LogP contribution is -2.05. The van der Waals surface area contributed by atoms with Crippen LogP contribution in [0.3, 0.4) is 0 Å². The monoisotopic (exact) mass is 327 g/mol.